The van der Waals surface area contributed by atoms with E-state index in [1.807, 2.05) is 6.07 Å². The second-order valence-electron chi connectivity index (χ2n) is 7.50. The van der Waals surface area contributed by atoms with Gasteiger partial charge in [0.05, 0.1) is 6.10 Å². The zero-order chi connectivity index (χ0) is 17.1. The van der Waals surface area contributed by atoms with Gasteiger partial charge >= 0.3 is 29.6 Å². The SMILES string of the molecule is CC12CCC3C(=CCc4cc(OS(=O)(=O)[O-])ccc43)C1CCC2O.[Na+]. The van der Waals surface area contributed by atoms with Crippen LogP contribution in [0.3, 0.4) is 0 Å². The maximum Gasteiger partial charge on any atom is 1.00 e. The third-order valence-corrected chi connectivity index (χ3v) is 6.70. The van der Waals surface area contributed by atoms with Crippen molar-refractivity contribution in [2.45, 2.75) is 51.0 Å². The number of aliphatic hydroxyl groups excluding tert-OH is 1. The fraction of sp³-hybridized carbons (Fsp3) is 0.556. The van der Waals surface area contributed by atoms with E-state index in [1.54, 1.807) is 12.1 Å². The Kier molecular flexibility index (Phi) is 5.17. The first-order chi connectivity index (χ1) is 11.3. The molecule has 0 heterocycles. The molecule has 0 aromatic heterocycles. The minimum absolute atomic E-state index is 0. The molecule has 0 amide bonds. The fourth-order valence-electron chi connectivity index (χ4n) is 5.09. The summed E-state index contributed by atoms with van der Waals surface area (Å²) in [6, 6.07) is 5.12. The Balaban J connectivity index is 0.00000182. The van der Waals surface area contributed by atoms with Crippen LogP contribution in [-0.4, -0.2) is 24.2 Å². The first-order valence-corrected chi connectivity index (χ1v) is 9.77. The maximum absolute atomic E-state index is 10.8. The standard InChI is InChI=1S/C18H22O5S.Na/c1-18-9-8-14-13-5-3-12(23-24(20,21)22)10-11(13)2-4-15(14)16(18)6-7-17(18)19;/h3-5,10,14,16-17,19H,2,6-9H2,1H3,(H,20,21,22);/q;+1/p-1. The van der Waals surface area contributed by atoms with Gasteiger partial charge in [0.25, 0.3) is 10.4 Å². The Labute approximate surface area is 170 Å². The molecule has 1 aromatic carbocycles. The molecule has 25 heavy (non-hydrogen) atoms. The van der Waals surface area contributed by atoms with Crippen LogP contribution in [0.4, 0.5) is 0 Å². The summed E-state index contributed by atoms with van der Waals surface area (Å²) in [5.41, 5.74) is 3.64. The van der Waals surface area contributed by atoms with E-state index >= 15 is 0 Å². The first kappa shape index (κ1) is 19.4. The molecule has 0 spiro atoms. The predicted octanol–water partition coefficient (Wildman–Crippen LogP) is -0.333. The molecule has 4 unspecified atom stereocenters. The van der Waals surface area contributed by atoms with Crippen molar-refractivity contribution in [3.05, 3.63) is 41.0 Å². The summed E-state index contributed by atoms with van der Waals surface area (Å²) in [6.07, 6.45) is 6.61. The molecule has 1 aromatic rings. The Morgan fingerprint density at radius 1 is 1.28 bits per heavy atom. The van der Waals surface area contributed by atoms with Crippen molar-refractivity contribution in [2.24, 2.45) is 11.3 Å². The zero-order valence-electron chi connectivity index (χ0n) is 14.6. The minimum Gasteiger partial charge on any atom is -0.716 e. The molecular weight excluding hydrogens is 351 g/mol. The van der Waals surface area contributed by atoms with Gasteiger partial charge in [0.1, 0.15) is 5.75 Å². The van der Waals surface area contributed by atoms with Crippen molar-refractivity contribution < 1.29 is 51.8 Å². The normalized spacial score (nSPS) is 33.4. The third kappa shape index (κ3) is 3.33. The van der Waals surface area contributed by atoms with Gasteiger partial charge in [-0.15, -0.1) is 0 Å². The van der Waals surface area contributed by atoms with Crippen LogP contribution < -0.4 is 33.7 Å². The van der Waals surface area contributed by atoms with Crippen molar-refractivity contribution in [1.82, 2.24) is 0 Å². The van der Waals surface area contributed by atoms with E-state index in [-0.39, 0.29) is 46.8 Å². The Morgan fingerprint density at radius 2 is 2.04 bits per heavy atom. The monoisotopic (exact) mass is 372 g/mol. The summed E-state index contributed by atoms with van der Waals surface area (Å²) in [7, 11) is -4.75. The minimum atomic E-state index is -4.75. The molecule has 4 rings (SSSR count). The van der Waals surface area contributed by atoms with E-state index in [2.05, 4.69) is 17.2 Å². The summed E-state index contributed by atoms with van der Waals surface area (Å²) in [5, 5.41) is 10.4. The number of fused-ring (bicyclic) bond motifs is 5. The molecular formula is C18H21NaO5S. The number of hydrogen-bond donors (Lipinski definition) is 1. The summed E-state index contributed by atoms with van der Waals surface area (Å²) in [6.45, 7) is 2.21. The quantitative estimate of drug-likeness (QED) is 0.332. The molecule has 3 aliphatic carbocycles. The van der Waals surface area contributed by atoms with Gasteiger partial charge in [0.15, 0.2) is 0 Å². The van der Waals surface area contributed by atoms with E-state index in [0.29, 0.717) is 18.3 Å². The van der Waals surface area contributed by atoms with E-state index in [0.717, 1.165) is 31.2 Å². The van der Waals surface area contributed by atoms with Gasteiger partial charge < -0.3 is 13.8 Å². The van der Waals surface area contributed by atoms with Crippen LogP contribution >= 0.6 is 0 Å². The van der Waals surface area contributed by atoms with Crippen LogP contribution in [0.25, 0.3) is 0 Å². The molecule has 3 aliphatic rings. The molecule has 2 fully saturated rings. The summed E-state index contributed by atoms with van der Waals surface area (Å²) >= 11 is 0. The third-order valence-electron chi connectivity index (χ3n) is 6.31. The summed E-state index contributed by atoms with van der Waals surface area (Å²) in [4.78, 5) is 0. The van der Waals surface area contributed by atoms with E-state index in [4.69, 9.17) is 0 Å². The van der Waals surface area contributed by atoms with Crippen LogP contribution in [0.1, 0.15) is 49.7 Å². The second-order valence-corrected chi connectivity index (χ2v) is 8.49. The van der Waals surface area contributed by atoms with Gasteiger partial charge in [0, 0.05) is 11.3 Å². The topological polar surface area (TPSA) is 86.7 Å². The van der Waals surface area contributed by atoms with Gasteiger partial charge in [0.2, 0.25) is 0 Å². The van der Waals surface area contributed by atoms with E-state index in [9.17, 15) is 18.1 Å². The summed E-state index contributed by atoms with van der Waals surface area (Å²) < 4.78 is 36.8. The number of allylic oxidation sites excluding steroid dienone is 2. The number of aliphatic hydroxyl groups is 1. The molecule has 0 aliphatic heterocycles. The van der Waals surface area contributed by atoms with Crippen LogP contribution in [0.2, 0.25) is 0 Å². The van der Waals surface area contributed by atoms with Crippen molar-refractivity contribution in [3.63, 3.8) is 0 Å². The van der Waals surface area contributed by atoms with Gasteiger partial charge in [-0.25, -0.2) is 8.42 Å². The van der Waals surface area contributed by atoms with Gasteiger partial charge in [-0.2, -0.15) is 0 Å². The van der Waals surface area contributed by atoms with Crippen molar-refractivity contribution in [2.75, 3.05) is 0 Å². The fourth-order valence-corrected chi connectivity index (χ4v) is 5.42. The molecule has 1 N–H and O–H groups in total. The van der Waals surface area contributed by atoms with Gasteiger partial charge in [-0.05, 0) is 61.3 Å². The van der Waals surface area contributed by atoms with E-state index < -0.39 is 10.4 Å². The predicted molar refractivity (Wildman–Crippen MR) is 87.4 cm³/mol. The Hall–Kier alpha value is -0.370. The van der Waals surface area contributed by atoms with Crippen LogP contribution in [0.5, 0.6) is 5.75 Å². The van der Waals surface area contributed by atoms with Gasteiger partial charge in [-0.3, -0.25) is 0 Å². The summed E-state index contributed by atoms with van der Waals surface area (Å²) in [5.74, 6) is 0.838. The first-order valence-electron chi connectivity index (χ1n) is 8.44. The Morgan fingerprint density at radius 3 is 2.76 bits per heavy atom. The molecule has 0 bridgehead atoms. The van der Waals surface area contributed by atoms with Crippen LogP contribution in [-0.2, 0) is 16.8 Å². The zero-order valence-corrected chi connectivity index (χ0v) is 17.4. The maximum atomic E-state index is 10.8. The van der Waals surface area contributed by atoms with E-state index in [1.165, 1.54) is 11.1 Å². The number of benzene rings is 1. The average molecular weight is 372 g/mol. The molecule has 0 saturated heterocycles. The number of rotatable bonds is 2. The largest absolute Gasteiger partial charge is 1.00 e. The average Bonchev–Trinajstić information content (AvgIpc) is 2.81. The second kappa shape index (κ2) is 6.66. The molecule has 0 radical (unpaired) electrons. The number of hydrogen-bond acceptors (Lipinski definition) is 5. The molecule has 130 valence electrons. The smallest absolute Gasteiger partial charge is 0.716 e. The molecule has 5 nitrogen and oxygen atoms in total. The van der Waals surface area contributed by atoms with Crippen LogP contribution in [0.15, 0.2) is 29.8 Å². The van der Waals surface area contributed by atoms with Crippen molar-refractivity contribution >= 4 is 10.4 Å². The molecule has 7 heteroatoms. The molecule has 2 saturated carbocycles. The van der Waals surface area contributed by atoms with Crippen molar-refractivity contribution in [3.8, 4) is 5.75 Å². The Bertz CT molecular complexity index is 819. The van der Waals surface area contributed by atoms with Crippen LogP contribution in [0, 0.1) is 11.3 Å². The molecule has 4 atom stereocenters. The van der Waals surface area contributed by atoms with Gasteiger partial charge in [-0.1, -0.05) is 24.6 Å². The van der Waals surface area contributed by atoms with Crippen molar-refractivity contribution in [1.29, 1.82) is 0 Å².